The van der Waals surface area contributed by atoms with Gasteiger partial charge in [-0.25, -0.2) is 0 Å². The van der Waals surface area contributed by atoms with E-state index in [-0.39, 0.29) is 11.4 Å². The second-order valence-electron chi connectivity index (χ2n) is 3.73. The van der Waals surface area contributed by atoms with E-state index < -0.39 is 6.36 Å². The van der Waals surface area contributed by atoms with Crippen LogP contribution in [0.2, 0.25) is 0 Å². The zero-order chi connectivity index (χ0) is 14.8. The first-order chi connectivity index (χ1) is 9.35. The molecule has 0 saturated carbocycles. The van der Waals surface area contributed by atoms with Gasteiger partial charge >= 0.3 is 6.36 Å². The number of benzene rings is 1. The summed E-state index contributed by atoms with van der Waals surface area (Å²) in [6.45, 7) is 0.411. The SMILES string of the molecule is FC(F)(F)Oc1cc(Br)ccc1NCc1sccc1Br. The minimum absolute atomic E-state index is 0.264. The zero-order valence-electron chi connectivity index (χ0n) is 9.80. The lowest BCUT2D eigenvalue weighted by atomic mass is 10.3. The molecule has 1 N–H and O–H groups in total. The van der Waals surface area contributed by atoms with Crippen molar-refractivity contribution in [3.63, 3.8) is 0 Å². The van der Waals surface area contributed by atoms with Crippen LogP contribution in [-0.4, -0.2) is 6.36 Å². The molecule has 1 aromatic heterocycles. The Bertz CT molecular complexity index is 601. The number of alkyl halides is 3. The molecule has 0 unspecified atom stereocenters. The Morgan fingerprint density at radius 2 is 1.95 bits per heavy atom. The van der Waals surface area contributed by atoms with Crippen molar-refractivity contribution < 1.29 is 17.9 Å². The van der Waals surface area contributed by atoms with Gasteiger partial charge in [0.05, 0.1) is 12.2 Å². The summed E-state index contributed by atoms with van der Waals surface area (Å²) in [7, 11) is 0. The number of ether oxygens (including phenoxy) is 1. The van der Waals surface area contributed by atoms with Crippen LogP contribution in [0.15, 0.2) is 38.6 Å². The largest absolute Gasteiger partial charge is 0.573 e. The van der Waals surface area contributed by atoms with Crippen molar-refractivity contribution in [2.75, 3.05) is 5.32 Å². The average Bonchev–Trinajstić information content (AvgIpc) is 2.72. The van der Waals surface area contributed by atoms with Crippen molar-refractivity contribution in [2.24, 2.45) is 0 Å². The molecule has 0 amide bonds. The van der Waals surface area contributed by atoms with E-state index in [1.54, 1.807) is 6.07 Å². The minimum Gasteiger partial charge on any atom is -0.404 e. The second-order valence-corrected chi connectivity index (χ2v) is 6.50. The molecule has 2 aromatic rings. The summed E-state index contributed by atoms with van der Waals surface area (Å²) in [6.07, 6.45) is -4.72. The summed E-state index contributed by atoms with van der Waals surface area (Å²) in [4.78, 5) is 0.992. The molecule has 0 aliphatic carbocycles. The Kier molecular flexibility index (Phi) is 4.98. The van der Waals surface area contributed by atoms with Crippen LogP contribution in [0.4, 0.5) is 18.9 Å². The highest BCUT2D eigenvalue weighted by Gasteiger charge is 2.32. The maximum absolute atomic E-state index is 12.4. The Morgan fingerprint density at radius 3 is 2.55 bits per heavy atom. The molecule has 20 heavy (non-hydrogen) atoms. The van der Waals surface area contributed by atoms with Gasteiger partial charge in [-0.1, -0.05) is 15.9 Å². The second kappa shape index (κ2) is 6.36. The molecule has 2 nitrogen and oxygen atoms in total. The summed E-state index contributed by atoms with van der Waals surface area (Å²) in [5.74, 6) is -0.264. The summed E-state index contributed by atoms with van der Waals surface area (Å²) < 4.78 is 42.5. The molecule has 0 bridgehead atoms. The standard InChI is InChI=1S/C12H8Br2F3NOS/c13-7-1-2-9(10(5-7)19-12(15,16)17)18-6-11-8(14)3-4-20-11/h1-5,18H,6H2. The molecule has 0 radical (unpaired) electrons. The van der Waals surface area contributed by atoms with Gasteiger partial charge in [0.1, 0.15) is 0 Å². The van der Waals surface area contributed by atoms with Gasteiger partial charge in [0.2, 0.25) is 0 Å². The molecule has 0 aliphatic rings. The zero-order valence-corrected chi connectivity index (χ0v) is 13.8. The number of anilines is 1. The van der Waals surface area contributed by atoms with E-state index in [9.17, 15) is 13.2 Å². The van der Waals surface area contributed by atoms with Crippen LogP contribution in [0.3, 0.4) is 0 Å². The lowest BCUT2D eigenvalue weighted by Gasteiger charge is -2.14. The molecule has 0 fully saturated rings. The fourth-order valence-corrected chi connectivity index (χ4v) is 3.25. The maximum atomic E-state index is 12.4. The van der Waals surface area contributed by atoms with Gasteiger partial charge in [-0.2, -0.15) is 0 Å². The van der Waals surface area contributed by atoms with E-state index >= 15 is 0 Å². The molecule has 0 saturated heterocycles. The first-order valence-corrected chi connectivity index (χ1v) is 7.83. The Morgan fingerprint density at radius 1 is 1.20 bits per heavy atom. The van der Waals surface area contributed by atoms with E-state index in [0.29, 0.717) is 11.0 Å². The van der Waals surface area contributed by atoms with Crippen molar-refractivity contribution in [3.05, 3.63) is 43.5 Å². The van der Waals surface area contributed by atoms with Gasteiger partial charge < -0.3 is 10.1 Å². The van der Waals surface area contributed by atoms with Crippen molar-refractivity contribution in [1.82, 2.24) is 0 Å². The van der Waals surface area contributed by atoms with Crippen molar-refractivity contribution in [3.8, 4) is 5.75 Å². The van der Waals surface area contributed by atoms with Gasteiger partial charge in [0.25, 0.3) is 0 Å². The number of hydrogen-bond acceptors (Lipinski definition) is 3. The van der Waals surface area contributed by atoms with Crippen LogP contribution in [0, 0.1) is 0 Å². The molecule has 1 heterocycles. The van der Waals surface area contributed by atoms with E-state index in [0.717, 1.165) is 9.35 Å². The summed E-state index contributed by atoms with van der Waals surface area (Å²) in [5.41, 5.74) is 0.283. The van der Waals surface area contributed by atoms with Gasteiger partial charge in [0, 0.05) is 13.8 Å². The topological polar surface area (TPSA) is 21.3 Å². The van der Waals surface area contributed by atoms with Gasteiger partial charge in [-0.05, 0) is 45.6 Å². The molecule has 8 heteroatoms. The minimum atomic E-state index is -4.72. The third kappa shape index (κ3) is 4.39. The van der Waals surface area contributed by atoms with Crippen LogP contribution in [-0.2, 0) is 6.54 Å². The monoisotopic (exact) mass is 429 g/mol. The van der Waals surface area contributed by atoms with E-state index in [4.69, 9.17) is 0 Å². The Labute approximate surface area is 134 Å². The molecular weight excluding hydrogens is 423 g/mol. The van der Waals surface area contributed by atoms with E-state index in [1.165, 1.54) is 23.5 Å². The summed E-state index contributed by atoms with van der Waals surface area (Å²) in [6, 6.07) is 6.34. The highest BCUT2D eigenvalue weighted by Crippen LogP contribution is 2.34. The van der Waals surface area contributed by atoms with Crippen LogP contribution in [0.1, 0.15) is 4.88 Å². The first kappa shape index (κ1) is 15.7. The smallest absolute Gasteiger partial charge is 0.404 e. The third-order valence-corrected chi connectivity index (χ3v) is 4.72. The Hall–Kier alpha value is -0.730. The normalized spacial score (nSPS) is 11.4. The van der Waals surface area contributed by atoms with Crippen LogP contribution >= 0.6 is 43.2 Å². The van der Waals surface area contributed by atoms with Crippen molar-refractivity contribution in [1.29, 1.82) is 0 Å². The summed E-state index contributed by atoms with van der Waals surface area (Å²) >= 11 is 8.00. The molecule has 108 valence electrons. The van der Waals surface area contributed by atoms with Gasteiger partial charge in [0.15, 0.2) is 5.75 Å². The molecule has 0 aliphatic heterocycles. The van der Waals surface area contributed by atoms with E-state index in [1.807, 2.05) is 11.4 Å². The highest BCUT2D eigenvalue weighted by molar-refractivity contribution is 9.10. The van der Waals surface area contributed by atoms with Crippen LogP contribution < -0.4 is 10.1 Å². The average molecular weight is 431 g/mol. The third-order valence-electron chi connectivity index (χ3n) is 2.30. The molecular formula is C12H8Br2F3NOS. The number of rotatable bonds is 4. The highest BCUT2D eigenvalue weighted by atomic mass is 79.9. The fourth-order valence-electron chi connectivity index (χ4n) is 1.48. The lowest BCUT2D eigenvalue weighted by Crippen LogP contribution is -2.18. The molecule has 0 spiro atoms. The summed E-state index contributed by atoms with van der Waals surface area (Å²) in [5, 5.41) is 4.84. The van der Waals surface area contributed by atoms with Crippen molar-refractivity contribution >= 4 is 48.9 Å². The fraction of sp³-hybridized carbons (Fsp3) is 0.167. The number of nitrogens with one attached hydrogen (secondary N) is 1. The number of thiophene rings is 1. The van der Waals surface area contributed by atoms with Crippen LogP contribution in [0.5, 0.6) is 5.75 Å². The number of hydrogen-bond donors (Lipinski definition) is 1. The predicted octanol–water partition coefficient (Wildman–Crippen LogP) is 5.78. The molecule has 1 aromatic carbocycles. The molecule has 0 atom stereocenters. The van der Waals surface area contributed by atoms with E-state index in [2.05, 4.69) is 41.9 Å². The van der Waals surface area contributed by atoms with Crippen LogP contribution in [0.25, 0.3) is 0 Å². The maximum Gasteiger partial charge on any atom is 0.573 e. The quantitative estimate of drug-likeness (QED) is 0.663. The Balaban J connectivity index is 2.16. The number of halogens is 5. The lowest BCUT2D eigenvalue weighted by molar-refractivity contribution is -0.274. The van der Waals surface area contributed by atoms with Crippen molar-refractivity contribution in [2.45, 2.75) is 12.9 Å². The predicted molar refractivity (Wildman–Crippen MR) is 80.2 cm³/mol. The van der Waals surface area contributed by atoms with Gasteiger partial charge in [-0.3, -0.25) is 0 Å². The first-order valence-electron chi connectivity index (χ1n) is 5.36. The van der Waals surface area contributed by atoms with Gasteiger partial charge in [-0.15, -0.1) is 24.5 Å². The molecule has 2 rings (SSSR count).